The monoisotopic (exact) mass is 354 g/mol. The Bertz CT molecular complexity index is 665. The van der Waals surface area contributed by atoms with Gasteiger partial charge in [-0.15, -0.1) is 11.8 Å². The van der Waals surface area contributed by atoms with E-state index in [1.54, 1.807) is 12.3 Å². The first kappa shape index (κ1) is 18.2. The number of methoxy groups -OCH3 is 1. The van der Waals surface area contributed by atoms with Crippen LogP contribution in [-0.4, -0.2) is 58.9 Å². The van der Waals surface area contributed by atoms with Gasteiger partial charge in [-0.2, -0.15) is 0 Å². The minimum absolute atomic E-state index is 0.0287. The van der Waals surface area contributed by atoms with Crippen LogP contribution in [0.4, 0.5) is 5.69 Å². The molecule has 1 saturated heterocycles. The number of amides is 1. The van der Waals surface area contributed by atoms with Crippen molar-refractivity contribution >= 4 is 29.3 Å². The molecule has 1 aromatic rings. The van der Waals surface area contributed by atoms with Gasteiger partial charge in [0.2, 0.25) is 0 Å². The molecule has 1 fully saturated rings. The van der Waals surface area contributed by atoms with Crippen LogP contribution in [0, 0.1) is 10.1 Å². The minimum atomic E-state index is -1.03. The third-order valence-corrected chi connectivity index (χ3v) is 4.74. The Morgan fingerprint density at radius 3 is 2.75 bits per heavy atom. The first-order valence-electron chi connectivity index (χ1n) is 7.25. The molecule has 1 N–H and O–H groups in total. The number of nitro groups is 1. The molecule has 0 bridgehead atoms. The van der Waals surface area contributed by atoms with Crippen molar-refractivity contribution in [2.24, 2.45) is 0 Å². The third-order valence-electron chi connectivity index (χ3n) is 4.01. The van der Waals surface area contributed by atoms with Crippen LogP contribution >= 0.6 is 11.8 Å². The van der Waals surface area contributed by atoms with Crippen molar-refractivity contribution in [3.05, 3.63) is 33.9 Å². The van der Waals surface area contributed by atoms with Gasteiger partial charge >= 0.3 is 5.97 Å². The van der Waals surface area contributed by atoms with Gasteiger partial charge in [0.1, 0.15) is 5.56 Å². The molecule has 2 atom stereocenters. The Morgan fingerprint density at radius 2 is 2.21 bits per heavy atom. The Labute approximate surface area is 142 Å². The number of carbonyl (C=O) groups is 2. The zero-order valence-corrected chi connectivity index (χ0v) is 14.1. The number of hydrogen-bond acceptors (Lipinski definition) is 6. The Kier molecular flexibility index (Phi) is 5.79. The molecule has 0 saturated carbocycles. The second-order valence-corrected chi connectivity index (χ2v) is 6.32. The van der Waals surface area contributed by atoms with E-state index in [2.05, 4.69) is 0 Å². The van der Waals surface area contributed by atoms with E-state index in [9.17, 15) is 19.7 Å². The number of likely N-dealkylation sites (tertiary alicyclic amines) is 1. The summed E-state index contributed by atoms with van der Waals surface area (Å²) in [5.41, 5.74) is -0.313. The summed E-state index contributed by atoms with van der Waals surface area (Å²) in [6.07, 6.45) is 1.70. The molecule has 8 nitrogen and oxygen atoms in total. The van der Waals surface area contributed by atoms with Crippen molar-refractivity contribution < 1.29 is 24.4 Å². The first-order valence-corrected chi connectivity index (χ1v) is 8.47. The van der Waals surface area contributed by atoms with E-state index in [0.717, 1.165) is 4.90 Å². The zero-order chi connectivity index (χ0) is 17.9. The highest BCUT2D eigenvalue weighted by Crippen LogP contribution is 2.30. The molecule has 0 radical (unpaired) electrons. The lowest BCUT2D eigenvalue weighted by Crippen LogP contribution is -2.37. The fourth-order valence-electron chi connectivity index (χ4n) is 2.82. The topological polar surface area (TPSA) is 110 Å². The van der Waals surface area contributed by atoms with Crippen molar-refractivity contribution in [2.75, 3.05) is 19.9 Å². The van der Waals surface area contributed by atoms with Crippen molar-refractivity contribution in [3.63, 3.8) is 0 Å². The SMILES string of the molecule is COC1CC(CC(=O)O)N(C(=O)c2cc(SC)ccc2[N+](=O)[O-])C1. The molecule has 0 aliphatic carbocycles. The van der Waals surface area contributed by atoms with E-state index in [1.165, 1.54) is 35.9 Å². The van der Waals surface area contributed by atoms with Crippen LogP contribution in [-0.2, 0) is 9.53 Å². The Morgan fingerprint density at radius 1 is 1.50 bits per heavy atom. The van der Waals surface area contributed by atoms with E-state index in [0.29, 0.717) is 6.42 Å². The lowest BCUT2D eigenvalue weighted by atomic mass is 10.1. The maximum atomic E-state index is 12.9. The number of carboxylic acid groups (broad SMARTS) is 1. The molecule has 1 aromatic carbocycles. The molecule has 1 heterocycles. The van der Waals surface area contributed by atoms with E-state index in [4.69, 9.17) is 9.84 Å². The molecule has 0 spiro atoms. The summed E-state index contributed by atoms with van der Waals surface area (Å²) in [7, 11) is 1.49. The highest BCUT2D eigenvalue weighted by atomic mass is 32.2. The van der Waals surface area contributed by atoms with Crippen molar-refractivity contribution in [1.29, 1.82) is 0 Å². The molecule has 2 unspecified atom stereocenters. The van der Waals surface area contributed by atoms with Crippen LogP contribution in [0.1, 0.15) is 23.2 Å². The lowest BCUT2D eigenvalue weighted by molar-refractivity contribution is -0.385. The normalized spacial score (nSPS) is 20.2. The summed E-state index contributed by atoms with van der Waals surface area (Å²) < 4.78 is 5.24. The summed E-state index contributed by atoms with van der Waals surface area (Å²) in [5.74, 6) is -1.56. The van der Waals surface area contributed by atoms with Crippen LogP contribution in [0.5, 0.6) is 0 Å². The molecule has 24 heavy (non-hydrogen) atoms. The first-order chi connectivity index (χ1) is 11.4. The van der Waals surface area contributed by atoms with Crippen LogP contribution in [0.2, 0.25) is 0 Å². The molecule has 1 aliphatic heterocycles. The average molecular weight is 354 g/mol. The molecular formula is C15H18N2O6S. The minimum Gasteiger partial charge on any atom is -0.481 e. The zero-order valence-electron chi connectivity index (χ0n) is 13.3. The number of carboxylic acids is 1. The van der Waals surface area contributed by atoms with Gasteiger partial charge in [-0.25, -0.2) is 0 Å². The number of nitro benzene ring substituents is 1. The number of rotatable bonds is 6. The molecule has 130 valence electrons. The van der Waals surface area contributed by atoms with Gasteiger partial charge in [-0.05, 0) is 24.8 Å². The number of thioether (sulfide) groups is 1. The van der Waals surface area contributed by atoms with Gasteiger partial charge < -0.3 is 14.7 Å². The summed E-state index contributed by atoms with van der Waals surface area (Å²) >= 11 is 1.37. The van der Waals surface area contributed by atoms with Crippen LogP contribution < -0.4 is 0 Å². The highest BCUT2D eigenvalue weighted by Gasteiger charge is 2.38. The molecule has 1 amide bonds. The van der Waals surface area contributed by atoms with Crippen molar-refractivity contribution in [1.82, 2.24) is 4.90 Å². The molecular weight excluding hydrogens is 336 g/mol. The van der Waals surface area contributed by atoms with Gasteiger partial charge in [-0.3, -0.25) is 19.7 Å². The van der Waals surface area contributed by atoms with Gasteiger partial charge in [-0.1, -0.05) is 0 Å². The van der Waals surface area contributed by atoms with Crippen LogP contribution in [0.15, 0.2) is 23.1 Å². The maximum Gasteiger partial charge on any atom is 0.305 e. The van der Waals surface area contributed by atoms with Crippen molar-refractivity contribution in [3.8, 4) is 0 Å². The van der Waals surface area contributed by atoms with Crippen LogP contribution in [0.25, 0.3) is 0 Å². The number of benzene rings is 1. The third kappa shape index (κ3) is 3.85. The summed E-state index contributed by atoms with van der Waals surface area (Å²) in [6, 6.07) is 3.81. The number of hydrogen-bond donors (Lipinski definition) is 1. The average Bonchev–Trinajstić information content (AvgIpc) is 2.95. The summed E-state index contributed by atoms with van der Waals surface area (Å²) in [5, 5.41) is 20.3. The smallest absolute Gasteiger partial charge is 0.305 e. The molecule has 1 aliphatic rings. The largest absolute Gasteiger partial charge is 0.481 e. The fourth-order valence-corrected chi connectivity index (χ4v) is 3.26. The standard InChI is InChI=1S/C15H18N2O6S/c1-23-10-5-9(6-14(18)19)16(8-10)15(20)12-7-11(24-2)3-4-13(12)17(21)22/h3-4,7,9-10H,5-6,8H2,1-2H3,(H,18,19). The second-order valence-electron chi connectivity index (χ2n) is 5.44. The number of nitrogens with zero attached hydrogens (tertiary/aromatic N) is 2. The Hall–Kier alpha value is -2.13. The van der Waals surface area contributed by atoms with Gasteiger partial charge in [0.15, 0.2) is 0 Å². The van der Waals surface area contributed by atoms with Gasteiger partial charge in [0.05, 0.1) is 17.4 Å². The van der Waals surface area contributed by atoms with E-state index < -0.39 is 22.8 Å². The lowest BCUT2D eigenvalue weighted by Gasteiger charge is -2.23. The molecule has 9 heteroatoms. The number of aliphatic carboxylic acids is 1. The Balaban J connectivity index is 2.38. The number of ether oxygens (including phenoxy) is 1. The maximum absolute atomic E-state index is 12.9. The quantitative estimate of drug-likeness (QED) is 0.473. The molecule has 2 rings (SSSR count). The molecule has 0 aromatic heterocycles. The van der Waals surface area contributed by atoms with Gasteiger partial charge in [0.25, 0.3) is 11.6 Å². The predicted octanol–water partition coefficient (Wildman–Crippen LogP) is 2.02. The summed E-state index contributed by atoms with van der Waals surface area (Å²) in [4.78, 5) is 36.6. The van der Waals surface area contributed by atoms with Crippen molar-refractivity contribution in [2.45, 2.75) is 29.9 Å². The number of carbonyl (C=O) groups excluding carboxylic acids is 1. The van der Waals surface area contributed by atoms with E-state index in [1.807, 2.05) is 0 Å². The fraction of sp³-hybridized carbons (Fsp3) is 0.467. The highest BCUT2D eigenvalue weighted by molar-refractivity contribution is 7.98. The predicted molar refractivity (Wildman–Crippen MR) is 87.4 cm³/mol. The van der Waals surface area contributed by atoms with Gasteiger partial charge in [0, 0.05) is 30.7 Å². The second kappa shape index (κ2) is 7.63. The van der Waals surface area contributed by atoms with Crippen LogP contribution in [0.3, 0.4) is 0 Å². The van der Waals surface area contributed by atoms with E-state index in [-0.39, 0.29) is 30.3 Å². The van der Waals surface area contributed by atoms with E-state index >= 15 is 0 Å². The summed E-state index contributed by atoms with van der Waals surface area (Å²) in [6.45, 7) is 0.216.